The van der Waals surface area contributed by atoms with Gasteiger partial charge in [0.05, 0.1) is 7.11 Å². The Labute approximate surface area is 100 Å². The molecule has 0 aliphatic rings. The monoisotopic (exact) mass is 220 g/mol. The molecule has 0 aliphatic carbocycles. The van der Waals surface area contributed by atoms with E-state index in [0.717, 1.165) is 5.75 Å². The van der Waals surface area contributed by atoms with E-state index in [1.165, 1.54) is 11.1 Å². The summed E-state index contributed by atoms with van der Waals surface area (Å²) < 4.78 is 5.08. The molecule has 16 heavy (non-hydrogen) atoms. The van der Waals surface area contributed by atoms with Crippen molar-refractivity contribution in [3.8, 4) is 5.75 Å². The van der Waals surface area contributed by atoms with Gasteiger partial charge in [0, 0.05) is 0 Å². The molecule has 0 aromatic heterocycles. The highest BCUT2D eigenvalue weighted by Gasteiger charge is 2.12. The van der Waals surface area contributed by atoms with Gasteiger partial charge in [-0.25, -0.2) is 0 Å². The van der Waals surface area contributed by atoms with Crippen molar-refractivity contribution in [3.05, 3.63) is 42.0 Å². The third-order valence-corrected chi connectivity index (χ3v) is 1.96. The van der Waals surface area contributed by atoms with Crippen LogP contribution in [-0.2, 0) is 5.41 Å². The van der Waals surface area contributed by atoms with Crippen LogP contribution in [-0.4, -0.2) is 7.11 Å². The van der Waals surface area contributed by atoms with Crippen molar-refractivity contribution in [2.45, 2.75) is 40.0 Å². The van der Waals surface area contributed by atoms with Crippen molar-refractivity contribution < 1.29 is 4.74 Å². The van der Waals surface area contributed by atoms with Gasteiger partial charge < -0.3 is 4.74 Å². The summed E-state index contributed by atoms with van der Waals surface area (Å²) in [6.45, 7) is 14.1. The number of hydrogen-bond donors (Lipinski definition) is 0. The summed E-state index contributed by atoms with van der Waals surface area (Å²) >= 11 is 0. The molecular formula is C15H24O. The molecule has 1 heteroatoms. The summed E-state index contributed by atoms with van der Waals surface area (Å²) in [5.74, 6) is 0.919. The molecule has 0 fully saturated rings. The molecule has 0 atom stereocenters. The second-order valence-corrected chi connectivity index (χ2v) is 5.19. The Morgan fingerprint density at radius 2 is 1.44 bits per heavy atom. The van der Waals surface area contributed by atoms with Gasteiger partial charge in [0.25, 0.3) is 0 Å². The number of hydrogen-bond acceptors (Lipinski definition) is 1. The average Bonchev–Trinajstić information content (AvgIpc) is 2.16. The van der Waals surface area contributed by atoms with Gasteiger partial charge in [0.1, 0.15) is 5.75 Å². The summed E-state index contributed by atoms with van der Waals surface area (Å²) in [5, 5.41) is 0. The van der Waals surface area contributed by atoms with Crippen LogP contribution < -0.4 is 4.74 Å². The number of methoxy groups -OCH3 is 1. The van der Waals surface area contributed by atoms with Crippen LogP contribution in [0.25, 0.3) is 0 Å². The molecule has 0 bridgehead atoms. The Morgan fingerprint density at radius 1 is 1.06 bits per heavy atom. The van der Waals surface area contributed by atoms with E-state index in [-0.39, 0.29) is 5.41 Å². The normalized spacial score (nSPS) is 10.1. The molecule has 0 spiro atoms. The van der Waals surface area contributed by atoms with Gasteiger partial charge in [-0.1, -0.05) is 38.5 Å². The smallest absolute Gasteiger partial charge is 0.118 e. The Bertz CT molecular complexity index is 310. The van der Waals surface area contributed by atoms with Gasteiger partial charge in [-0.15, -0.1) is 6.58 Å². The van der Waals surface area contributed by atoms with Gasteiger partial charge in [-0.2, -0.15) is 0 Å². The number of ether oxygens (including phenoxy) is 1. The maximum atomic E-state index is 5.08. The largest absolute Gasteiger partial charge is 0.497 e. The lowest BCUT2D eigenvalue weighted by Crippen LogP contribution is -2.10. The van der Waals surface area contributed by atoms with E-state index in [1.807, 2.05) is 26.0 Å². The van der Waals surface area contributed by atoms with Crippen LogP contribution in [0, 0.1) is 0 Å². The molecule has 0 saturated heterocycles. The van der Waals surface area contributed by atoms with Gasteiger partial charge in [0.2, 0.25) is 0 Å². The fourth-order valence-electron chi connectivity index (χ4n) is 1.09. The number of allylic oxidation sites excluding steroid dienone is 1. The first kappa shape index (κ1) is 14.8. The molecule has 0 saturated carbocycles. The lowest BCUT2D eigenvalue weighted by Gasteiger charge is -2.18. The third kappa shape index (κ3) is 6.28. The maximum absolute atomic E-state index is 5.08. The van der Waals surface area contributed by atoms with Crippen LogP contribution >= 0.6 is 0 Å². The Morgan fingerprint density at radius 3 is 1.69 bits per heavy atom. The van der Waals surface area contributed by atoms with Crippen molar-refractivity contribution in [2.24, 2.45) is 0 Å². The van der Waals surface area contributed by atoms with E-state index in [1.54, 1.807) is 7.11 Å². The molecule has 0 radical (unpaired) electrons. The zero-order valence-electron chi connectivity index (χ0n) is 11.4. The van der Waals surface area contributed by atoms with E-state index in [4.69, 9.17) is 4.74 Å². The molecular weight excluding hydrogens is 196 g/mol. The molecule has 1 nitrogen and oxygen atoms in total. The fourth-order valence-corrected chi connectivity index (χ4v) is 1.09. The first-order valence-electron chi connectivity index (χ1n) is 5.54. The summed E-state index contributed by atoms with van der Waals surface area (Å²) in [6.07, 6.45) is 0. The van der Waals surface area contributed by atoms with Crippen molar-refractivity contribution in [1.82, 2.24) is 0 Å². The van der Waals surface area contributed by atoms with Crippen molar-refractivity contribution in [3.63, 3.8) is 0 Å². The van der Waals surface area contributed by atoms with Crippen LogP contribution in [0.2, 0.25) is 0 Å². The van der Waals surface area contributed by atoms with Crippen LogP contribution in [0.4, 0.5) is 0 Å². The first-order chi connectivity index (χ1) is 7.27. The minimum absolute atomic E-state index is 0.228. The molecule has 0 amide bonds. The summed E-state index contributed by atoms with van der Waals surface area (Å²) in [4.78, 5) is 0. The molecule has 0 N–H and O–H groups in total. The molecule has 1 rings (SSSR count). The van der Waals surface area contributed by atoms with Crippen molar-refractivity contribution >= 4 is 0 Å². The fraction of sp³-hybridized carbons (Fsp3) is 0.467. The van der Waals surface area contributed by atoms with Crippen LogP contribution in [0.3, 0.4) is 0 Å². The Balaban J connectivity index is 0.000000487. The standard InChI is InChI=1S/C11H16O.C4H8/c1-11(2,3)9-5-7-10(12-4)8-6-9;1-4(2)3/h5-8H,1-4H3;1H2,2-3H3. The molecule has 1 aromatic rings. The van der Waals surface area contributed by atoms with Gasteiger partial charge in [-0.05, 0) is 37.0 Å². The summed E-state index contributed by atoms with van der Waals surface area (Å²) in [7, 11) is 1.69. The second-order valence-electron chi connectivity index (χ2n) is 5.19. The van der Waals surface area contributed by atoms with Crippen LogP contribution in [0.5, 0.6) is 5.75 Å². The van der Waals surface area contributed by atoms with Gasteiger partial charge in [0.15, 0.2) is 0 Å². The Hall–Kier alpha value is -1.24. The SMILES string of the molecule is C=C(C)C.COc1ccc(C(C)(C)C)cc1. The molecule has 0 heterocycles. The Kier molecular flexibility index (Phi) is 5.87. The van der Waals surface area contributed by atoms with Gasteiger partial charge in [-0.3, -0.25) is 0 Å². The van der Waals surface area contributed by atoms with Gasteiger partial charge >= 0.3 is 0 Å². The molecule has 1 aromatic carbocycles. The number of benzene rings is 1. The predicted molar refractivity (Wildman–Crippen MR) is 72.2 cm³/mol. The third-order valence-electron chi connectivity index (χ3n) is 1.96. The molecule has 0 aliphatic heterocycles. The molecule has 90 valence electrons. The summed E-state index contributed by atoms with van der Waals surface area (Å²) in [6, 6.07) is 8.22. The highest BCUT2D eigenvalue weighted by Crippen LogP contribution is 2.23. The van der Waals surface area contributed by atoms with E-state index in [0.29, 0.717) is 0 Å². The summed E-state index contributed by atoms with van der Waals surface area (Å²) in [5.41, 5.74) is 2.73. The number of rotatable bonds is 1. The van der Waals surface area contributed by atoms with E-state index >= 15 is 0 Å². The highest BCUT2D eigenvalue weighted by atomic mass is 16.5. The predicted octanol–water partition coefficient (Wildman–Crippen LogP) is 4.58. The quantitative estimate of drug-likeness (QED) is 0.630. The lowest BCUT2D eigenvalue weighted by molar-refractivity contribution is 0.414. The first-order valence-corrected chi connectivity index (χ1v) is 5.54. The minimum atomic E-state index is 0.228. The average molecular weight is 220 g/mol. The van der Waals surface area contributed by atoms with Crippen LogP contribution in [0.1, 0.15) is 40.2 Å². The zero-order valence-corrected chi connectivity index (χ0v) is 11.4. The maximum Gasteiger partial charge on any atom is 0.118 e. The lowest BCUT2D eigenvalue weighted by atomic mass is 9.87. The molecule has 0 unspecified atom stereocenters. The van der Waals surface area contributed by atoms with Crippen molar-refractivity contribution in [2.75, 3.05) is 7.11 Å². The van der Waals surface area contributed by atoms with E-state index < -0.39 is 0 Å². The van der Waals surface area contributed by atoms with E-state index in [9.17, 15) is 0 Å². The van der Waals surface area contributed by atoms with Crippen LogP contribution in [0.15, 0.2) is 36.4 Å². The highest BCUT2D eigenvalue weighted by molar-refractivity contribution is 5.30. The second kappa shape index (κ2) is 6.37. The van der Waals surface area contributed by atoms with E-state index in [2.05, 4.69) is 39.5 Å². The minimum Gasteiger partial charge on any atom is -0.497 e. The zero-order chi connectivity index (χ0) is 12.8. The topological polar surface area (TPSA) is 9.23 Å². The van der Waals surface area contributed by atoms with Crippen molar-refractivity contribution in [1.29, 1.82) is 0 Å².